The first kappa shape index (κ1) is 25.0. The third-order valence-electron chi connectivity index (χ3n) is 5.57. The number of aliphatic hydroxyl groups is 5. The van der Waals surface area contributed by atoms with Crippen LogP contribution in [0.1, 0.15) is 37.7 Å². The average molecular weight is 540 g/mol. The first-order valence-corrected chi connectivity index (χ1v) is 11.6. The van der Waals surface area contributed by atoms with Crippen LogP contribution in [0.15, 0.2) is 21.1 Å². The molecule has 0 spiro atoms. The number of hydrogen-bond donors (Lipinski definition) is 6. The summed E-state index contributed by atoms with van der Waals surface area (Å²) < 4.78 is 1.75. The number of rotatable bonds is 10. The fourth-order valence-electron chi connectivity index (χ4n) is 3.76. The van der Waals surface area contributed by atoms with Gasteiger partial charge in [0.25, 0.3) is 0 Å². The van der Waals surface area contributed by atoms with Crippen LogP contribution in [-0.2, 0) is 6.54 Å². The zero-order chi connectivity index (χ0) is 21.6. The molecule has 1 aromatic carbocycles. The zero-order valence-corrected chi connectivity index (χ0v) is 19.8. The Morgan fingerprint density at radius 2 is 1.66 bits per heavy atom. The van der Waals surface area contributed by atoms with Crippen molar-refractivity contribution in [1.82, 2.24) is 4.90 Å². The number of halogens is 2. The summed E-state index contributed by atoms with van der Waals surface area (Å²) in [5.41, 5.74) is 1.84. The second-order valence-corrected chi connectivity index (χ2v) is 9.58. The summed E-state index contributed by atoms with van der Waals surface area (Å²) >= 11 is 7.09. The van der Waals surface area contributed by atoms with Crippen LogP contribution in [0.25, 0.3) is 0 Å². The molecule has 0 saturated heterocycles. The van der Waals surface area contributed by atoms with Gasteiger partial charge in [-0.1, -0.05) is 35.2 Å². The van der Waals surface area contributed by atoms with Crippen molar-refractivity contribution in [3.63, 3.8) is 0 Å². The monoisotopic (exact) mass is 538 g/mol. The zero-order valence-electron chi connectivity index (χ0n) is 16.6. The minimum atomic E-state index is -1.64. The largest absolute Gasteiger partial charge is 0.394 e. The molecule has 1 saturated carbocycles. The molecule has 1 fully saturated rings. The van der Waals surface area contributed by atoms with Gasteiger partial charge in [0.2, 0.25) is 0 Å². The van der Waals surface area contributed by atoms with Gasteiger partial charge in [0.15, 0.2) is 0 Å². The molecule has 7 nitrogen and oxygen atoms in total. The smallest absolute Gasteiger partial charge is 0.111 e. The van der Waals surface area contributed by atoms with Crippen LogP contribution in [-0.4, -0.2) is 81.1 Å². The molecule has 4 unspecified atom stereocenters. The van der Waals surface area contributed by atoms with Crippen LogP contribution < -0.4 is 5.32 Å². The maximum atomic E-state index is 10.2. The Bertz CT molecular complexity index is 646. The molecule has 1 aliphatic rings. The van der Waals surface area contributed by atoms with Crippen LogP contribution in [0.5, 0.6) is 0 Å². The second kappa shape index (κ2) is 12.0. The van der Waals surface area contributed by atoms with Crippen molar-refractivity contribution in [3.8, 4) is 0 Å². The van der Waals surface area contributed by atoms with Crippen LogP contribution >= 0.6 is 31.9 Å². The molecule has 0 aromatic heterocycles. The van der Waals surface area contributed by atoms with Gasteiger partial charge in [0, 0.05) is 28.1 Å². The van der Waals surface area contributed by atoms with Gasteiger partial charge >= 0.3 is 0 Å². The Labute approximate surface area is 189 Å². The quantitative estimate of drug-likeness (QED) is 0.268. The predicted octanol–water partition coefficient (Wildman–Crippen LogP) is 1.82. The molecule has 0 aliphatic heterocycles. The molecule has 4 atom stereocenters. The number of aliphatic hydroxyl groups excluding tert-OH is 5. The minimum absolute atomic E-state index is 0.0310. The van der Waals surface area contributed by atoms with Gasteiger partial charge < -0.3 is 30.8 Å². The maximum Gasteiger partial charge on any atom is 0.111 e. The molecule has 1 aliphatic carbocycles. The highest BCUT2D eigenvalue weighted by atomic mass is 79.9. The normalized spacial score (nSPS) is 19.8. The summed E-state index contributed by atoms with van der Waals surface area (Å²) in [5, 5.41) is 51.5. The average Bonchev–Trinajstić information content (AvgIpc) is 2.71. The Morgan fingerprint density at radius 3 is 2.28 bits per heavy atom. The van der Waals surface area contributed by atoms with Crippen LogP contribution in [0, 0.1) is 0 Å². The van der Waals surface area contributed by atoms with Crippen LogP contribution in [0.3, 0.4) is 0 Å². The first-order valence-electron chi connectivity index (χ1n) is 9.99. The fraction of sp³-hybridized carbons (Fsp3) is 0.700. The lowest BCUT2D eigenvalue weighted by atomic mass is 9.94. The molecule has 0 heterocycles. The number of hydrogen-bond acceptors (Lipinski definition) is 7. The summed E-state index contributed by atoms with van der Waals surface area (Å²) in [4.78, 5) is 2.35. The van der Waals surface area contributed by atoms with Gasteiger partial charge in [-0.2, -0.15) is 0 Å². The number of anilines is 1. The highest BCUT2D eigenvalue weighted by Crippen LogP contribution is 2.33. The third kappa shape index (κ3) is 7.14. The van der Waals surface area contributed by atoms with Crippen molar-refractivity contribution in [2.24, 2.45) is 0 Å². The lowest BCUT2D eigenvalue weighted by Gasteiger charge is -2.32. The van der Waals surface area contributed by atoms with E-state index in [1.165, 1.54) is 32.1 Å². The van der Waals surface area contributed by atoms with E-state index in [0.29, 0.717) is 6.04 Å². The molecular weight excluding hydrogens is 508 g/mol. The van der Waals surface area contributed by atoms with E-state index in [-0.39, 0.29) is 6.54 Å². The van der Waals surface area contributed by atoms with E-state index in [0.717, 1.165) is 26.7 Å². The first-order chi connectivity index (χ1) is 13.7. The van der Waals surface area contributed by atoms with Gasteiger partial charge in [0.05, 0.1) is 18.4 Å². The van der Waals surface area contributed by atoms with E-state index in [2.05, 4.69) is 49.1 Å². The van der Waals surface area contributed by atoms with Gasteiger partial charge in [-0.25, -0.2) is 0 Å². The molecule has 2 rings (SSSR count). The van der Waals surface area contributed by atoms with Crippen molar-refractivity contribution in [2.75, 3.05) is 25.5 Å². The maximum absolute atomic E-state index is 10.2. The third-order valence-corrected chi connectivity index (χ3v) is 6.65. The highest BCUT2D eigenvalue weighted by molar-refractivity contribution is 9.11. The molecule has 9 heteroatoms. The van der Waals surface area contributed by atoms with E-state index in [1.807, 2.05) is 12.1 Å². The van der Waals surface area contributed by atoms with Crippen molar-refractivity contribution in [3.05, 3.63) is 26.6 Å². The SMILES string of the molecule is CN(Cc1cc(Br)cc(Br)c1NCC(O)C(O)C(O)C(O)CO)C1CCCCC1. The lowest BCUT2D eigenvalue weighted by molar-refractivity contribution is -0.111. The predicted molar refractivity (Wildman–Crippen MR) is 120 cm³/mol. The Morgan fingerprint density at radius 1 is 1.03 bits per heavy atom. The van der Waals surface area contributed by atoms with Gasteiger partial charge in [-0.05, 0) is 53.5 Å². The summed E-state index contributed by atoms with van der Waals surface area (Å²) in [6, 6.07) is 4.48. The summed E-state index contributed by atoms with van der Waals surface area (Å²) in [6.07, 6.45) is 0.146. The highest BCUT2D eigenvalue weighted by Gasteiger charge is 2.30. The number of benzene rings is 1. The van der Waals surface area contributed by atoms with E-state index in [1.54, 1.807) is 0 Å². The van der Waals surface area contributed by atoms with E-state index >= 15 is 0 Å². The molecular formula is C20H32Br2N2O5. The minimum Gasteiger partial charge on any atom is -0.394 e. The number of nitrogens with one attached hydrogen (secondary N) is 1. The van der Waals surface area contributed by atoms with E-state index < -0.39 is 31.0 Å². The Hall–Kier alpha value is -0.260. The van der Waals surface area contributed by atoms with Crippen LogP contribution in [0.2, 0.25) is 0 Å². The Kier molecular flexibility index (Phi) is 10.3. The molecule has 0 bridgehead atoms. The molecule has 6 N–H and O–H groups in total. The van der Waals surface area contributed by atoms with Crippen molar-refractivity contribution < 1.29 is 25.5 Å². The van der Waals surface area contributed by atoms with E-state index in [4.69, 9.17) is 5.11 Å². The number of nitrogens with zero attached hydrogens (tertiary/aromatic N) is 1. The standard InChI is InChI=1S/C20H32Br2N2O5/c1-24(14-5-3-2-4-6-14)10-12-7-13(21)8-15(22)18(12)23-9-16(26)19(28)20(29)17(27)11-25/h7-8,14,16-17,19-20,23,25-29H,2-6,9-11H2,1H3. The second-order valence-electron chi connectivity index (χ2n) is 7.81. The van der Waals surface area contributed by atoms with Crippen molar-refractivity contribution in [2.45, 2.75) is 69.1 Å². The lowest BCUT2D eigenvalue weighted by Crippen LogP contribution is -2.48. The van der Waals surface area contributed by atoms with Gasteiger partial charge in [-0.3, -0.25) is 4.90 Å². The summed E-state index contributed by atoms with van der Waals surface area (Å²) in [6.45, 7) is 0.000571. The van der Waals surface area contributed by atoms with Crippen LogP contribution in [0.4, 0.5) is 5.69 Å². The van der Waals surface area contributed by atoms with Gasteiger partial charge in [-0.15, -0.1) is 0 Å². The van der Waals surface area contributed by atoms with Crippen molar-refractivity contribution in [1.29, 1.82) is 0 Å². The summed E-state index contributed by atoms with van der Waals surface area (Å²) in [7, 11) is 2.12. The van der Waals surface area contributed by atoms with Crippen molar-refractivity contribution >= 4 is 37.5 Å². The molecule has 0 amide bonds. The summed E-state index contributed by atoms with van der Waals surface area (Å²) in [5.74, 6) is 0. The van der Waals surface area contributed by atoms with E-state index in [9.17, 15) is 20.4 Å². The molecule has 166 valence electrons. The topological polar surface area (TPSA) is 116 Å². The fourth-order valence-corrected chi connectivity index (χ4v) is 5.21. The molecule has 29 heavy (non-hydrogen) atoms. The Balaban J connectivity index is 2.07. The van der Waals surface area contributed by atoms with Gasteiger partial charge in [0.1, 0.15) is 18.3 Å². The molecule has 0 radical (unpaired) electrons. The molecule has 1 aromatic rings.